The molecule has 34 heavy (non-hydrogen) atoms. The van der Waals surface area contributed by atoms with E-state index in [-0.39, 0.29) is 5.91 Å². The summed E-state index contributed by atoms with van der Waals surface area (Å²) in [5, 5.41) is 20.6. The zero-order valence-electron chi connectivity index (χ0n) is 18.9. The first-order valence-corrected chi connectivity index (χ1v) is 11.7. The van der Waals surface area contributed by atoms with Gasteiger partial charge in [-0.3, -0.25) is 9.89 Å². The number of aliphatic carboxylic acids is 1. The Morgan fingerprint density at radius 2 is 1.94 bits per heavy atom. The Bertz CT molecular complexity index is 1210. The molecule has 176 valence electrons. The van der Waals surface area contributed by atoms with Crippen molar-refractivity contribution in [1.29, 1.82) is 0 Å². The molecule has 2 aliphatic rings. The van der Waals surface area contributed by atoms with E-state index in [1.54, 1.807) is 0 Å². The lowest BCUT2D eigenvalue weighted by molar-refractivity contribution is -0.132. The van der Waals surface area contributed by atoms with Gasteiger partial charge in [-0.25, -0.2) is 9.78 Å². The number of H-pyrrole nitrogens is 1. The van der Waals surface area contributed by atoms with Crippen LogP contribution < -0.4 is 10.2 Å². The van der Waals surface area contributed by atoms with Crippen LogP contribution in [-0.2, 0) is 9.59 Å². The van der Waals surface area contributed by atoms with Crippen molar-refractivity contribution in [2.24, 2.45) is 0 Å². The number of anilines is 1. The number of aromatic nitrogens is 3. The predicted octanol–water partition coefficient (Wildman–Crippen LogP) is 2.51. The summed E-state index contributed by atoms with van der Waals surface area (Å²) in [6.07, 6.45) is 7.19. The Kier molecular flexibility index (Phi) is 6.27. The lowest BCUT2D eigenvalue weighted by atomic mass is 10.0. The number of carboxylic acid groups (broad SMARTS) is 1. The average Bonchev–Trinajstić information content (AvgIpc) is 3.52. The topological polar surface area (TPSA) is 114 Å². The Labute approximate surface area is 197 Å². The number of fused-ring (bicyclic) bond motifs is 1. The van der Waals surface area contributed by atoms with E-state index >= 15 is 0 Å². The lowest BCUT2D eigenvalue weighted by Gasteiger charge is -2.37. The third kappa shape index (κ3) is 4.51. The van der Waals surface area contributed by atoms with Gasteiger partial charge in [-0.1, -0.05) is 30.3 Å². The first kappa shape index (κ1) is 22.1. The summed E-state index contributed by atoms with van der Waals surface area (Å²) < 4.78 is 0. The van der Waals surface area contributed by atoms with Crippen molar-refractivity contribution in [3.05, 3.63) is 48.3 Å². The maximum Gasteiger partial charge on any atom is 0.328 e. The van der Waals surface area contributed by atoms with Crippen LogP contribution in [0.5, 0.6) is 0 Å². The van der Waals surface area contributed by atoms with Crippen molar-refractivity contribution in [1.82, 2.24) is 25.4 Å². The molecule has 1 aromatic carbocycles. The maximum absolute atomic E-state index is 12.8. The Morgan fingerprint density at radius 3 is 2.65 bits per heavy atom. The van der Waals surface area contributed by atoms with Crippen LogP contribution in [0.2, 0.25) is 0 Å². The molecule has 2 saturated heterocycles. The summed E-state index contributed by atoms with van der Waals surface area (Å²) in [6.45, 7) is 3.63. The normalized spacial score (nSPS) is 18.8. The molecule has 1 unspecified atom stereocenters. The van der Waals surface area contributed by atoms with Crippen LogP contribution >= 0.6 is 0 Å². The smallest absolute Gasteiger partial charge is 0.328 e. The Hall–Kier alpha value is -3.72. The number of piperazine rings is 1. The third-order valence-electron chi connectivity index (χ3n) is 6.59. The van der Waals surface area contributed by atoms with Crippen molar-refractivity contribution in [2.45, 2.75) is 25.3 Å². The van der Waals surface area contributed by atoms with E-state index in [2.05, 4.69) is 25.4 Å². The largest absolute Gasteiger partial charge is 0.478 e. The number of rotatable bonds is 6. The molecule has 5 rings (SSSR count). The van der Waals surface area contributed by atoms with E-state index in [1.807, 2.05) is 41.4 Å². The van der Waals surface area contributed by atoms with Crippen LogP contribution in [0, 0.1) is 0 Å². The molecular formula is C25H28N6O3. The third-order valence-corrected chi connectivity index (χ3v) is 6.59. The summed E-state index contributed by atoms with van der Waals surface area (Å²) in [5.41, 5.74) is 4.06. The number of aromatic amines is 1. The molecule has 2 aliphatic heterocycles. The number of benzene rings is 1. The van der Waals surface area contributed by atoms with Crippen LogP contribution in [0.15, 0.2) is 42.6 Å². The van der Waals surface area contributed by atoms with Gasteiger partial charge in [-0.2, -0.15) is 5.10 Å². The van der Waals surface area contributed by atoms with E-state index < -0.39 is 5.97 Å². The molecule has 2 fully saturated rings. The zero-order chi connectivity index (χ0) is 23.5. The first-order valence-electron chi connectivity index (χ1n) is 11.7. The standard InChI is InChI=1S/C25H28N6O3/c32-21(15-18-7-4-10-26-18)30-11-13-31(14-12-30)24-19(17-5-2-1-3-6-17)16-27-25-23(24)20(28-29-25)8-9-22(33)34/h1-3,5-6,8-9,16,18,26H,4,7,10-15H2,(H,33,34)(H,27,28,29). The number of nitrogens with one attached hydrogen (secondary N) is 2. The Balaban J connectivity index is 1.47. The zero-order valence-corrected chi connectivity index (χ0v) is 18.9. The lowest BCUT2D eigenvalue weighted by Crippen LogP contribution is -2.50. The van der Waals surface area contributed by atoms with E-state index in [0.717, 1.165) is 47.7 Å². The number of carboxylic acids is 1. The minimum atomic E-state index is -1.03. The highest BCUT2D eigenvalue weighted by Crippen LogP contribution is 2.38. The van der Waals surface area contributed by atoms with Gasteiger partial charge in [0.05, 0.1) is 16.8 Å². The van der Waals surface area contributed by atoms with Crippen molar-refractivity contribution in [2.75, 3.05) is 37.6 Å². The first-order chi connectivity index (χ1) is 16.6. The van der Waals surface area contributed by atoms with Gasteiger partial charge in [0.15, 0.2) is 5.65 Å². The number of pyridine rings is 1. The van der Waals surface area contributed by atoms with Crippen LogP contribution in [0.4, 0.5) is 5.69 Å². The number of hydrogen-bond donors (Lipinski definition) is 3. The molecule has 0 saturated carbocycles. The highest BCUT2D eigenvalue weighted by atomic mass is 16.4. The fourth-order valence-electron chi connectivity index (χ4n) is 4.88. The van der Waals surface area contributed by atoms with Crippen molar-refractivity contribution in [3.63, 3.8) is 0 Å². The molecule has 0 spiro atoms. The van der Waals surface area contributed by atoms with Gasteiger partial charge in [0.25, 0.3) is 0 Å². The number of hydrogen-bond acceptors (Lipinski definition) is 6. The number of carbonyl (C=O) groups is 2. The van der Waals surface area contributed by atoms with Crippen molar-refractivity contribution >= 4 is 34.7 Å². The van der Waals surface area contributed by atoms with E-state index in [9.17, 15) is 9.59 Å². The number of amides is 1. The summed E-state index contributed by atoms with van der Waals surface area (Å²) in [6, 6.07) is 10.3. The van der Waals surface area contributed by atoms with Gasteiger partial charge in [0.2, 0.25) is 5.91 Å². The van der Waals surface area contributed by atoms with Crippen LogP contribution in [0.1, 0.15) is 25.0 Å². The molecule has 3 aromatic rings. The van der Waals surface area contributed by atoms with E-state index in [0.29, 0.717) is 50.0 Å². The SMILES string of the molecule is O=C(O)C=Cc1[nH]nc2ncc(-c3ccccc3)c(N3CCN(C(=O)CC4CCCN4)CC3)c12. The predicted molar refractivity (Wildman–Crippen MR) is 130 cm³/mol. The second kappa shape index (κ2) is 9.64. The van der Waals surface area contributed by atoms with Gasteiger partial charge in [0.1, 0.15) is 0 Å². The number of carbonyl (C=O) groups excluding carboxylic acids is 1. The van der Waals surface area contributed by atoms with Gasteiger partial charge in [0, 0.05) is 56.5 Å². The second-order valence-electron chi connectivity index (χ2n) is 8.76. The average molecular weight is 461 g/mol. The Morgan fingerprint density at radius 1 is 1.15 bits per heavy atom. The monoisotopic (exact) mass is 460 g/mol. The highest BCUT2D eigenvalue weighted by molar-refractivity contribution is 6.03. The fraction of sp³-hybridized carbons (Fsp3) is 0.360. The van der Waals surface area contributed by atoms with Crippen molar-refractivity contribution in [3.8, 4) is 11.1 Å². The van der Waals surface area contributed by atoms with Gasteiger partial charge in [-0.05, 0) is 31.0 Å². The molecule has 4 heterocycles. The molecule has 3 N–H and O–H groups in total. The molecule has 0 aliphatic carbocycles. The molecular weight excluding hydrogens is 432 g/mol. The van der Waals surface area contributed by atoms with Crippen LogP contribution in [-0.4, -0.2) is 75.8 Å². The molecule has 9 heteroatoms. The van der Waals surface area contributed by atoms with E-state index in [4.69, 9.17) is 5.11 Å². The van der Waals surface area contributed by atoms with Crippen molar-refractivity contribution < 1.29 is 14.7 Å². The maximum atomic E-state index is 12.8. The summed E-state index contributed by atoms with van der Waals surface area (Å²) in [4.78, 5) is 32.7. The number of nitrogens with zero attached hydrogens (tertiary/aromatic N) is 4. The minimum Gasteiger partial charge on any atom is -0.478 e. The van der Waals surface area contributed by atoms with Crippen LogP contribution in [0.3, 0.4) is 0 Å². The summed E-state index contributed by atoms with van der Waals surface area (Å²) in [5.74, 6) is -0.823. The van der Waals surface area contributed by atoms with Gasteiger partial charge < -0.3 is 20.2 Å². The summed E-state index contributed by atoms with van der Waals surface area (Å²) >= 11 is 0. The second-order valence-corrected chi connectivity index (χ2v) is 8.76. The molecule has 1 atom stereocenters. The molecule has 1 amide bonds. The van der Waals surface area contributed by atoms with Gasteiger partial charge in [-0.15, -0.1) is 0 Å². The minimum absolute atomic E-state index is 0.204. The summed E-state index contributed by atoms with van der Waals surface area (Å²) in [7, 11) is 0. The van der Waals surface area contributed by atoms with Gasteiger partial charge >= 0.3 is 5.97 Å². The van der Waals surface area contributed by atoms with E-state index in [1.165, 1.54) is 6.08 Å². The molecule has 2 aromatic heterocycles. The quantitative estimate of drug-likeness (QED) is 0.484. The fourth-order valence-corrected chi connectivity index (χ4v) is 4.88. The molecule has 0 bridgehead atoms. The highest BCUT2D eigenvalue weighted by Gasteiger charge is 2.28. The molecule has 9 nitrogen and oxygen atoms in total. The van der Waals surface area contributed by atoms with Crippen LogP contribution in [0.25, 0.3) is 28.2 Å². The molecule has 0 radical (unpaired) electrons.